The van der Waals surface area contributed by atoms with Gasteiger partial charge >= 0.3 is 0 Å². The number of H-pyrrole nitrogens is 1. The van der Waals surface area contributed by atoms with Crippen LogP contribution in [0.5, 0.6) is 0 Å². The quantitative estimate of drug-likeness (QED) is 0.676. The van der Waals surface area contributed by atoms with Gasteiger partial charge in [0.05, 0.1) is 0 Å². The van der Waals surface area contributed by atoms with Crippen LogP contribution in [-0.4, -0.2) is 23.3 Å². The van der Waals surface area contributed by atoms with Crippen LogP contribution in [0.4, 0.5) is 0 Å². The summed E-state index contributed by atoms with van der Waals surface area (Å²) in [5.74, 6) is 0.973. The fourth-order valence-corrected chi connectivity index (χ4v) is 1.18. The number of hydrogen-bond donors (Lipinski definition) is 2. The van der Waals surface area contributed by atoms with Gasteiger partial charge in [-0.1, -0.05) is 6.92 Å². The Balaban J connectivity index is 0.000000215. The van der Waals surface area contributed by atoms with Crippen molar-refractivity contribution in [2.75, 3.05) is 13.1 Å². The van der Waals surface area contributed by atoms with Crippen molar-refractivity contribution in [3.8, 4) is 0 Å². The monoisotopic (exact) mass is 203 g/mol. The van der Waals surface area contributed by atoms with Crippen LogP contribution in [0.25, 0.3) is 0 Å². The fraction of sp³-hybridized carbons (Fsp3) is 0.667. The molecule has 4 heteroatoms. The van der Waals surface area contributed by atoms with E-state index in [9.17, 15) is 0 Å². The molecule has 0 spiro atoms. The van der Waals surface area contributed by atoms with Crippen LogP contribution in [0.2, 0.25) is 0 Å². The van der Waals surface area contributed by atoms with Gasteiger partial charge in [-0.05, 0) is 37.9 Å². The Hall–Kier alpha value is -0.540. The minimum Gasteiger partial charge on any atom is -0.317 e. The zero-order chi connectivity index (χ0) is 8.65. The van der Waals surface area contributed by atoms with Crippen LogP contribution in [-0.2, 0) is 0 Å². The molecular weight excluding hydrogens is 186 g/mol. The number of piperidine rings is 1. The molecule has 1 fully saturated rings. The van der Waals surface area contributed by atoms with Gasteiger partial charge in [0.15, 0.2) is 0 Å². The van der Waals surface area contributed by atoms with Crippen LogP contribution >= 0.6 is 12.4 Å². The van der Waals surface area contributed by atoms with Gasteiger partial charge in [0.2, 0.25) is 0 Å². The topological polar surface area (TPSA) is 40.7 Å². The highest BCUT2D eigenvalue weighted by Crippen LogP contribution is 2.08. The summed E-state index contributed by atoms with van der Waals surface area (Å²) < 4.78 is 0. The molecule has 0 aliphatic carbocycles. The number of rotatable bonds is 0. The van der Waals surface area contributed by atoms with E-state index in [-0.39, 0.29) is 12.4 Å². The first-order chi connectivity index (χ1) is 5.89. The summed E-state index contributed by atoms with van der Waals surface area (Å²) >= 11 is 0. The van der Waals surface area contributed by atoms with Gasteiger partial charge in [0, 0.05) is 12.4 Å². The molecule has 76 valence electrons. The van der Waals surface area contributed by atoms with Crippen LogP contribution in [0.1, 0.15) is 19.8 Å². The zero-order valence-electron chi connectivity index (χ0n) is 7.99. The van der Waals surface area contributed by atoms with E-state index < -0.39 is 0 Å². The number of aromatic amines is 1. The Kier molecular flexibility index (Phi) is 7.74. The fourth-order valence-electron chi connectivity index (χ4n) is 1.18. The molecular formula is C9H18ClN3. The minimum atomic E-state index is 0. The molecule has 2 heterocycles. The number of halogens is 1. The normalized spacial score (nSPS) is 16.7. The molecule has 0 radical (unpaired) electrons. The van der Waals surface area contributed by atoms with Crippen LogP contribution in [0, 0.1) is 5.92 Å². The summed E-state index contributed by atoms with van der Waals surface area (Å²) in [6.07, 6.45) is 6.21. The van der Waals surface area contributed by atoms with Gasteiger partial charge < -0.3 is 5.32 Å². The van der Waals surface area contributed by atoms with Gasteiger partial charge in [-0.15, -0.1) is 12.4 Å². The molecule has 0 unspecified atom stereocenters. The second-order valence-electron chi connectivity index (χ2n) is 3.20. The van der Waals surface area contributed by atoms with Crippen molar-refractivity contribution in [2.24, 2.45) is 5.92 Å². The smallest absolute Gasteiger partial charge is 0.0487 e. The number of nitrogens with zero attached hydrogens (tertiary/aromatic N) is 1. The zero-order valence-corrected chi connectivity index (χ0v) is 8.81. The predicted octanol–water partition coefficient (Wildman–Crippen LogP) is 1.84. The standard InChI is InChI=1S/C6H13N.C3H4N2.ClH/c1-6-2-4-7-5-3-6;1-2-4-5-3-1;/h6-7H,2-5H2,1H3;1-3H,(H,4,5);1H. The Morgan fingerprint density at radius 1 is 1.31 bits per heavy atom. The third kappa shape index (κ3) is 6.61. The molecule has 1 aromatic heterocycles. The van der Waals surface area contributed by atoms with Crippen molar-refractivity contribution >= 4 is 12.4 Å². The van der Waals surface area contributed by atoms with E-state index in [1.807, 2.05) is 6.07 Å². The Labute approximate surface area is 85.7 Å². The lowest BCUT2D eigenvalue weighted by molar-refractivity contribution is 0.402. The van der Waals surface area contributed by atoms with E-state index in [0.717, 1.165) is 5.92 Å². The van der Waals surface area contributed by atoms with Crippen LogP contribution < -0.4 is 5.32 Å². The molecule has 2 N–H and O–H groups in total. The summed E-state index contributed by atoms with van der Waals surface area (Å²) in [5.41, 5.74) is 0. The average molecular weight is 204 g/mol. The lowest BCUT2D eigenvalue weighted by Crippen LogP contribution is -2.26. The SMILES string of the molecule is CC1CCNCC1.Cl.c1cn[nH]c1. The minimum absolute atomic E-state index is 0. The van der Waals surface area contributed by atoms with E-state index in [0.29, 0.717) is 0 Å². The maximum atomic E-state index is 3.60. The molecule has 0 bridgehead atoms. The highest BCUT2D eigenvalue weighted by Gasteiger charge is 2.04. The Morgan fingerprint density at radius 3 is 2.23 bits per heavy atom. The maximum Gasteiger partial charge on any atom is 0.0487 e. The first kappa shape index (κ1) is 12.5. The van der Waals surface area contributed by atoms with Crippen molar-refractivity contribution in [3.05, 3.63) is 18.5 Å². The van der Waals surface area contributed by atoms with E-state index in [4.69, 9.17) is 0 Å². The molecule has 3 nitrogen and oxygen atoms in total. The van der Waals surface area contributed by atoms with Gasteiger partial charge in [0.1, 0.15) is 0 Å². The Bertz CT molecular complexity index is 154. The number of nitrogens with one attached hydrogen (secondary N) is 2. The summed E-state index contributed by atoms with van der Waals surface area (Å²) in [5, 5.41) is 9.52. The predicted molar refractivity (Wildman–Crippen MR) is 57.1 cm³/mol. The summed E-state index contributed by atoms with van der Waals surface area (Å²) in [7, 11) is 0. The summed E-state index contributed by atoms with van der Waals surface area (Å²) in [6, 6.07) is 1.83. The molecule has 2 rings (SSSR count). The first-order valence-electron chi connectivity index (χ1n) is 4.54. The molecule has 1 aliphatic heterocycles. The van der Waals surface area contributed by atoms with Gasteiger partial charge in [0.25, 0.3) is 0 Å². The van der Waals surface area contributed by atoms with Crippen LogP contribution in [0.3, 0.4) is 0 Å². The van der Waals surface area contributed by atoms with Crippen molar-refractivity contribution in [1.29, 1.82) is 0 Å². The summed E-state index contributed by atoms with van der Waals surface area (Å²) in [4.78, 5) is 0. The maximum absolute atomic E-state index is 3.60. The molecule has 1 aromatic rings. The van der Waals surface area contributed by atoms with E-state index in [2.05, 4.69) is 22.4 Å². The molecule has 0 amide bonds. The Morgan fingerprint density at radius 2 is 2.00 bits per heavy atom. The van der Waals surface area contributed by atoms with E-state index >= 15 is 0 Å². The third-order valence-electron chi connectivity index (χ3n) is 2.03. The van der Waals surface area contributed by atoms with E-state index in [1.165, 1.54) is 25.9 Å². The second-order valence-corrected chi connectivity index (χ2v) is 3.20. The summed E-state index contributed by atoms with van der Waals surface area (Å²) in [6.45, 7) is 4.79. The second kappa shape index (κ2) is 8.08. The molecule has 0 saturated carbocycles. The highest BCUT2D eigenvalue weighted by molar-refractivity contribution is 5.85. The van der Waals surface area contributed by atoms with Crippen molar-refractivity contribution in [2.45, 2.75) is 19.8 Å². The number of hydrogen-bond acceptors (Lipinski definition) is 2. The van der Waals surface area contributed by atoms with Gasteiger partial charge in [-0.2, -0.15) is 5.10 Å². The molecule has 1 saturated heterocycles. The lowest BCUT2D eigenvalue weighted by Gasteiger charge is -2.17. The molecule has 13 heavy (non-hydrogen) atoms. The molecule has 1 aliphatic rings. The third-order valence-corrected chi connectivity index (χ3v) is 2.03. The first-order valence-corrected chi connectivity index (χ1v) is 4.54. The average Bonchev–Trinajstić information content (AvgIpc) is 2.62. The lowest BCUT2D eigenvalue weighted by atomic mass is 10.0. The molecule has 0 atom stereocenters. The van der Waals surface area contributed by atoms with Crippen molar-refractivity contribution in [1.82, 2.24) is 15.5 Å². The van der Waals surface area contributed by atoms with Crippen molar-refractivity contribution < 1.29 is 0 Å². The largest absolute Gasteiger partial charge is 0.317 e. The van der Waals surface area contributed by atoms with E-state index in [1.54, 1.807) is 12.4 Å². The van der Waals surface area contributed by atoms with Gasteiger partial charge in [-0.3, -0.25) is 5.10 Å². The molecule has 0 aromatic carbocycles. The van der Waals surface area contributed by atoms with Crippen LogP contribution in [0.15, 0.2) is 18.5 Å². The number of aromatic nitrogens is 2. The van der Waals surface area contributed by atoms with Crippen molar-refractivity contribution in [3.63, 3.8) is 0 Å². The van der Waals surface area contributed by atoms with Gasteiger partial charge in [-0.25, -0.2) is 0 Å². The highest BCUT2D eigenvalue weighted by atomic mass is 35.5.